The van der Waals surface area contributed by atoms with Crippen molar-refractivity contribution in [3.8, 4) is 5.75 Å². The molecule has 1 aromatic carbocycles. The van der Waals surface area contributed by atoms with Gasteiger partial charge in [0.1, 0.15) is 11.4 Å². The van der Waals surface area contributed by atoms with Crippen LogP contribution in [0.25, 0.3) is 0 Å². The summed E-state index contributed by atoms with van der Waals surface area (Å²) in [6.07, 6.45) is 0. The van der Waals surface area contributed by atoms with Crippen molar-refractivity contribution in [3.05, 3.63) is 29.8 Å². The molecule has 6 nitrogen and oxygen atoms in total. The minimum Gasteiger partial charge on any atom is -0.488 e. The van der Waals surface area contributed by atoms with Crippen molar-refractivity contribution in [1.29, 1.82) is 0 Å². The summed E-state index contributed by atoms with van der Waals surface area (Å²) < 4.78 is 5.99. The van der Waals surface area contributed by atoms with Gasteiger partial charge in [-0.2, -0.15) is 0 Å². The second-order valence-corrected chi connectivity index (χ2v) is 7.90. The van der Waals surface area contributed by atoms with E-state index in [0.29, 0.717) is 12.5 Å². The molecular formula is C19H32N4O2. The Hall–Kier alpha value is -2.24. The molecule has 0 fully saturated rings. The average molecular weight is 348 g/mol. The number of rotatable bonds is 5. The fraction of sp³-hybridized carbons (Fsp3) is 0.579. The lowest BCUT2D eigenvalue weighted by molar-refractivity contribution is -0.121. The highest BCUT2D eigenvalue weighted by molar-refractivity contribution is 5.86. The van der Waals surface area contributed by atoms with Crippen LogP contribution in [0.1, 0.15) is 47.1 Å². The Morgan fingerprint density at radius 1 is 1.08 bits per heavy atom. The van der Waals surface area contributed by atoms with Crippen LogP contribution in [0.4, 0.5) is 0 Å². The molecule has 0 atom stereocenters. The fourth-order valence-electron chi connectivity index (χ4n) is 2.11. The Morgan fingerprint density at radius 2 is 1.72 bits per heavy atom. The Kier molecular flexibility index (Phi) is 7.27. The average Bonchev–Trinajstić information content (AvgIpc) is 2.45. The molecule has 0 aliphatic carbocycles. The largest absolute Gasteiger partial charge is 0.488 e. The predicted octanol–water partition coefficient (Wildman–Crippen LogP) is 2.44. The highest BCUT2D eigenvalue weighted by Gasteiger charge is 2.15. The van der Waals surface area contributed by atoms with Crippen LogP contribution in [0.15, 0.2) is 29.3 Å². The minimum absolute atomic E-state index is 0.0769. The van der Waals surface area contributed by atoms with Gasteiger partial charge in [-0.25, -0.2) is 0 Å². The van der Waals surface area contributed by atoms with Gasteiger partial charge in [-0.1, -0.05) is 18.2 Å². The van der Waals surface area contributed by atoms with Crippen LogP contribution in [-0.2, 0) is 11.3 Å². The first-order valence-electron chi connectivity index (χ1n) is 8.52. The number of carbonyl (C=O) groups is 1. The summed E-state index contributed by atoms with van der Waals surface area (Å²) in [6, 6.07) is 7.89. The number of nitrogens with zero attached hydrogens (tertiary/aromatic N) is 1. The van der Waals surface area contributed by atoms with Crippen LogP contribution >= 0.6 is 0 Å². The number of guanidine groups is 1. The number of hydrogen-bond acceptors (Lipinski definition) is 3. The Labute approximate surface area is 151 Å². The van der Waals surface area contributed by atoms with Gasteiger partial charge in [-0.15, -0.1) is 0 Å². The summed E-state index contributed by atoms with van der Waals surface area (Å²) >= 11 is 0. The third kappa shape index (κ3) is 8.98. The zero-order chi connectivity index (χ0) is 19.1. The second-order valence-electron chi connectivity index (χ2n) is 7.90. The van der Waals surface area contributed by atoms with Gasteiger partial charge in [0, 0.05) is 24.7 Å². The van der Waals surface area contributed by atoms with E-state index in [-0.39, 0.29) is 23.6 Å². The monoisotopic (exact) mass is 348 g/mol. The molecule has 6 heteroatoms. The van der Waals surface area contributed by atoms with Gasteiger partial charge in [-0.05, 0) is 47.6 Å². The number of carbonyl (C=O) groups excluding carboxylic acids is 1. The summed E-state index contributed by atoms with van der Waals surface area (Å²) in [7, 11) is 1.68. The lowest BCUT2D eigenvalue weighted by atomic mass is 10.1. The van der Waals surface area contributed by atoms with E-state index in [0.717, 1.165) is 11.3 Å². The lowest BCUT2D eigenvalue weighted by Gasteiger charge is -2.24. The zero-order valence-corrected chi connectivity index (χ0v) is 16.5. The molecule has 0 aliphatic rings. The number of nitrogens with one attached hydrogen (secondary N) is 3. The first kappa shape index (κ1) is 20.8. The first-order chi connectivity index (χ1) is 11.5. The van der Waals surface area contributed by atoms with Gasteiger partial charge in [0.05, 0.1) is 6.54 Å². The van der Waals surface area contributed by atoms with E-state index in [2.05, 4.69) is 20.9 Å². The van der Waals surface area contributed by atoms with Gasteiger partial charge >= 0.3 is 0 Å². The van der Waals surface area contributed by atoms with Crippen molar-refractivity contribution < 1.29 is 9.53 Å². The van der Waals surface area contributed by atoms with Crippen molar-refractivity contribution in [2.45, 2.75) is 59.2 Å². The molecule has 0 spiro atoms. The highest BCUT2D eigenvalue weighted by Crippen LogP contribution is 2.22. The number of hydrogen-bond donors (Lipinski definition) is 3. The van der Waals surface area contributed by atoms with E-state index in [4.69, 9.17) is 4.74 Å². The van der Waals surface area contributed by atoms with Gasteiger partial charge in [0.25, 0.3) is 0 Å². The molecule has 0 saturated heterocycles. The molecule has 25 heavy (non-hydrogen) atoms. The van der Waals surface area contributed by atoms with E-state index in [1.165, 1.54) is 0 Å². The van der Waals surface area contributed by atoms with E-state index >= 15 is 0 Å². The number of ether oxygens (including phenoxy) is 1. The molecule has 3 N–H and O–H groups in total. The molecule has 0 radical (unpaired) electrons. The third-order valence-electron chi connectivity index (χ3n) is 2.99. The van der Waals surface area contributed by atoms with Crippen LogP contribution in [0.5, 0.6) is 5.75 Å². The van der Waals surface area contributed by atoms with Crippen LogP contribution in [0.2, 0.25) is 0 Å². The summed E-state index contributed by atoms with van der Waals surface area (Å²) in [5, 5.41) is 9.13. The van der Waals surface area contributed by atoms with Crippen molar-refractivity contribution in [1.82, 2.24) is 16.0 Å². The van der Waals surface area contributed by atoms with E-state index < -0.39 is 0 Å². The third-order valence-corrected chi connectivity index (χ3v) is 2.99. The maximum absolute atomic E-state index is 11.9. The molecule has 1 amide bonds. The second kappa shape index (κ2) is 8.74. The van der Waals surface area contributed by atoms with E-state index in [1.807, 2.05) is 65.8 Å². The Morgan fingerprint density at radius 3 is 2.28 bits per heavy atom. The number of para-hydroxylation sites is 1. The SMILES string of the molecule is CN=C(NCC(=O)NC(C)(C)C)NCc1ccccc1OC(C)(C)C. The Bertz CT molecular complexity index is 598. The number of aliphatic imine (C=N–C) groups is 1. The summed E-state index contributed by atoms with van der Waals surface area (Å²) in [5.74, 6) is 1.32. The van der Waals surface area contributed by atoms with Crippen LogP contribution in [0, 0.1) is 0 Å². The standard InChI is InChI=1S/C19H32N4O2/c1-18(2,3)23-16(24)13-22-17(20-7)21-12-14-10-8-9-11-15(14)25-19(4,5)6/h8-11H,12-13H2,1-7H3,(H,23,24)(H2,20,21,22). The molecule has 0 aromatic heterocycles. The predicted molar refractivity (Wildman–Crippen MR) is 103 cm³/mol. The molecule has 0 aliphatic heterocycles. The normalized spacial score (nSPS) is 12.5. The fourth-order valence-corrected chi connectivity index (χ4v) is 2.11. The zero-order valence-electron chi connectivity index (χ0n) is 16.5. The van der Waals surface area contributed by atoms with Crippen molar-refractivity contribution in [3.63, 3.8) is 0 Å². The van der Waals surface area contributed by atoms with Gasteiger partial charge < -0.3 is 20.7 Å². The van der Waals surface area contributed by atoms with Crippen LogP contribution in [0.3, 0.4) is 0 Å². The molecule has 140 valence electrons. The quantitative estimate of drug-likeness (QED) is 0.564. The summed E-state index contributed by atoms with van der Waals surface area (Å²) in [6.45, 7) is 12.6. The van der Waals surface area contributed by atoms with Gasteiger partial charge in [-0.3, -0.25) is 9.79 Å². The Balaban J connectivity index is 2.60. The van der Waals surface area contributed by atoms with Gasteiger partial charge in [0.2, 0.25) is 5.91 Å². The minimum atomic E-state index is -0.263. The molecule has 0 saturated carbocycles. The topological polar surface area (TPSA) is 74.8 Å². The summed E-state index contributed by atoms with van der Waals surface area (Å²) in [5.41, 5.74) is 0.513. The summed E-state index contributed by atoms with van der Waals surface area (Å²) in [4.78, 5) is 16.0. The molecular weight excluding hydrogens is 316 g/mol. The lowest BCUT2D eigenvalue weighted by Crippen LogP contribution is -2.48. The highest BCUT2D eigenvalue weighted by atomic mass is 16.5. The molecule has 1 aromatic rings. The molecule has 1 rings (SSSR count). The maximum atomic E-state index is 11.9. The molecule has 0 unspecified atom stereocenters. The van der Waals surface area contributed by atoms with Gasteiger partial charge in [0.15, 0.2) is 5.96 Å². The number of benzene rings is 1. The first-order valence-corrected chi connectivity index (χ1v) is 8.52. The van der Waals surface area contributed by atoms with E-state index in [9.17, 15) is 4.79 Å². The maximum Gasteiger partial charge on any atom is 0.239 e. The smallest absolute Gasteiger partial charge is 0.239 e. The molecule has 0 bridgehead atoms. The van der Waals surface area contributed by atoms with Crippen molar-refractivity contribution in [2.24, 2.45) is 4.99 Å². The van der Waals surface area contributed by atoms with Crippen LogP contribution in [-0.4, -0.2) is 36.6 Å². The number of amides is 1. The van der Waals surface area contributed by atoms with E-state index in [1.54, 1.807) is 7.05 Å². The van der Waals surface area contributed by atoms with Crippen molar-refractivity contribution >= 4 is 11.9 Å². The molecule has 0 heterocycles. The van der Waals surface area contributed by atoms with Crippen LogP contribution < -0.4 is 20.7 Å². The van der Waals surface area contributed by atoms with Crippen molar-refractivity contribution in [2.75, 3.05) is 13.6 Å².